The highest BCUT2D eigenvalue weighted by Crippen LogP contribution is 2.28. The van der Waals surface area contributed by atoms with Crippen molar-refractivity contribution in [3.05, 3.63) is 83.0 Å². The van der Waals surface area contributed by atoms with Crippen molar-refractivity contribution >= 4 is 22.9 Å². The number of carbonyl (C=O) groups is 2. The van der Waals surface area contributed by atoms with E-state index < -0.39 is 0 Å². The molecule has 178 valence electrons. The molecule has 1 aliphatic rings. The zero-order valence-corrected chi connectivity index (χ0v) is 20.2. The van der Waals surface area contributed by atoms with Gasteiger partial charge < -0.3 is 14.3 Å². The summed E-state index contributed by atoms with van der Waals surface area (Å²) in [6.45, 7) is 7.97. The summed E-state index contributed by atoms with van der Waals surface area (Å²) in [6, 6.07) is 19.3. The molecular weight excluding hydrogens is 440 g/mol. The van der Waals surface area contributed by atoms with Crippen LogP contribution in [0.4, 0.5) is 0 Å². The molecular formula is C28H28N4O3. The van der Waals surface area contributed by atoms with Crippen LogP contribution in [0, 0.1) is 6.92 Å². The van der Waals surface area contributed by atoms with E-state index >= 15 is 0 Å². The first-order chi connectivity index (χ1) is 16.9. The first-order valence-electron chi connectivity index (χ1n) is 11.9. The van der Waals surface area contributed by atoms with Crippen molar-refractivity contribution in [1.82, 2.24) is 19.9 Å². The predicted octanol–water partition coefficient (Wildman–Crippen LogP) is 4.92. The second-order valence-electron chi connectivity index (χ2n) is 9.23. The Morgan fingerprint density at radius 3 is 2.14 bits per heavy atom. The number of aryl methyl sites for hydroxylation is 1. The van der Waals surface area contributed by atoms with Gasteiger partial charge in [-0.25, -0.2) is 4.98 Å². The number of amides is 2. The third kappa shape index (κ3) is 4.41. The van der Waals surface area contributed by atoms with E-state index in [4.69, 9.17) is 4.52 Å². The van der Waals surface area contributed by atoms with E-state index in [-0.39, 0.29) is 11.8 Å². The highest BCUT2D eigenvalue weighted by Gasteiger charge is 2.28. The van der Waals surface area contributed by atoms with E-state index in [1.54, 1.807) is 4.90 Å². The second kappa shape index (κ2) is 9.33. The molecule has 7 nitrogen and oxygen atoms in total. The molecule has 0 atom stereocenters. The number of aromatic nitrogens is 2. The van der Waals surface area contributed by atoms with Crippen LogP contribution < -0.4 is 0 Å². The Morgan fingerprint density at radius 2 is 1.51 bits per heavy atom. The smallest absolute Gasteiger partial charge is 0.259 e. The fraction of sp³-hybridized carbons (Fsp3) is 0.286. The quantitative estimate of drug-likeness (QED) is 0.425. The highest BCUT2D eigenvalue weighted by molar-refractivity contribution is 6.07. The fourth-order valence-electron chi connectivity index (χ4n) is 4.50. The maximum Gasteiger partial charge on any atom is 0.259 e. The lowest BCUT2D eigenvalue weighted by Gasteiger charge is -2.35. The number of benzene rings is 2. The molecule has 1 fully saturated rings. The van der Waals surface area contributed by atoms with Crippen molar-refractivity contribution in [2.75, 3.05) is 26.2 Å². The first kappa shape index (κ1) is 22.8. The highest BCUT2D eigenvalue weighted by atomic mass is 16.5. The monoisotopic (exact) mass is 468 g/mol. The van der Waals surface area contributed by atoms with Gasteiger partial charge in [-0.15, -0.1) is 0 Å². The van der Waals surface area contributed by atoms with Gasteiger partial charge in [0, 0.05) is 37.3 Å². The van der Waals surface area contributed by atoms with Gasteiger partial charge in [0.05, 0.1) is 22.3 Å². The Bertz CT molecular complexity index is 1370. The molecule has 7 heteroatoms. The van der Waals surface area contributed by atoms with Gasteiger partial charge in [0.2, 0.25) is 0 Å². The van der Waals surface area contributed by atoms with E-state index in [2.05, 4.69) is 24.0 Å². The summed E-state index contributed by atoms with van der Waals surface area (Å²) in [6.07, 6.45) is 0. The number of hydrogen-bond donors (Lipinski definition) is 0. The maximum atomic E-state index is 13.6. The van der Waals surface area contributed by atoms with Crippen molar-refractivity contribution in [2.24, 2.45) is 0 Å². The molecule has 1 saturated heterocycles. The molecule has 1 aliphatic heterocycles. The largest absolute Gasteiger partial charge is 0.335 e. The van der Waals surface area contributed by atoms with E-state index in [1.165, 1.54) is 5.56 Å². The second-order valence-corrected chi connectivity index (χ2v) is 9.23. The van der Waals surface area contributed by atoms with Crippen LogP contribution in [0.5, 0.6) is 0 Å². The molecule has 0 spiro atoms. The zero-order valence-electron chi connectivity index (χ0n) is 20.2. The van der Waals surface area contributed by atoms with Gasteiger partial charge in [0.25, 0.3) is 17.5 Å². The average Bonchev–Trinajstić information content (AvgIpc) is 3.28. The fourth-order valence-corrected chi connectivity index (χ4v) is 4.50. The molecule has 0 N–H and O–H groups in total. The zero-order chi connectivity index (χ0) is 24.5. The summed E-state index contributed by atoms with van der Waals surface area (Å²) in [5, 5.41) is 4.68. The Labute approximate surface area is 204 Å². The van der Waals surface area contributed by atoms with E-state index in [0.717, 1.165) is 5.56 Å². The molecule has 0 aliphatic carbocycles. The minimum atomic E-state index is -0.103. The van der Waals surface area contributed by atoms with E-state index in [9.17, 15) is 9.59 Å². The van der Waals surface area contributed by atoms with Crippen molar-refractivity contribution in [2.45, 2.75) is 26.7 Å². The normalized spacial score (nSPS) is 14.1. The first-order valence-corrected chi connectivity index (χ1v) is 11.9. The molecule has 5 rings (SSSR count). The Hall–Kier alpha value is -4.00. The number of nitrogens with zero attached hydrogens (tertiary/aromatic N) is 4. The topological polar surface area (TPSA) is 79.5 Å². The third-order valence-electron chi connectivity index (χ3n) is 6.60. The molecule has 0 bridgehead atoms. The van der Waals surface area contributed by atoms with Gasteiger partial charge in [-0.1, -0.05) is 61.5 Å². The molecule has 2 aromatic carbocycles. The van der Waals surface area contributed by atoms with Crippen LogP contribution in [0.15, 0.2) is 65.2 Å². The van der Waals surface area contributed by atoms with Crippen LogP contribution in [0.2, 0.25) is 0 Å². The molecule has 4 aromatic rings. The lowest BCUT2D eigenvalue weighted by molar-refractivity contribution is 0.0536. The number of pyridine rings is 1. The van der Waals surface area contributed by atoms with Crippen molar-refractivity contribution in [1.29, 1.82) is 0 Å². The minimum Gasteiger partial charge on any atom is -0.335 e. The lowest BCUT2D eigenvalue weighted by Crippen LogP contribution is -2.50. The number of piperazine rings is 1. The molecule has 2 aromatic heterocycles. The molecule has 2 amide bonds. The van der Waals surface area contributed by atoms with Crippen LogP contribution in [-0.2, 0) is 0 Å². The molecule has 0 radical (unpaired) electrons. The van der Waals surface area contributed by atoms with Crippen LogP contribution in [-0.4, -0.2) is 57.9 Å². The summed E-state index contributed by atoms with van der Waals surface area (Å²) < 4.78 is 5.42. The van der Waals surface area contributed by atoms with Gasteiger partial charge >= 0.3 is 0 Å². The van der Waals surface area contributed by atoms with Gasteiger partial charge in [0.15, 0.2) is 0 Å². The van der Waals surface area contributed by atoms with Gasteiger partial charge in [-0.2, -0.15) is 0 Å². The summed E-state index contributed by atoms with van der Waals surface area (Å²) >= 11 is 0. The van der Waals surface area contributed by atoms with Gasteiger partial charge in [-0.3, -0.25) is 9.59 Å². The predicted molar refractivity (Wildman–Crippen MR) is 134 cm³/mol. The molecule has 35 heavy (non-hydrogen) atoms. The summed E-state index contributed by atoms with van der Waals surface area (Å²) in [4.78, 5) is 34.8. The van der Waals surface area contributed by atoms with Crippen LogP contribution in [0.1, 0.15) is 51.7 Å². The van der Waals surface area contributed by atoms with E-state index in [0.29, 0.717) is 65.7 Å². The number of rotatable bonds is 4. The van der Waals surface area contributed by atoms with Crippen LogP contribution in [0.25, 0.3) is 22.4 Å². The summed E-state index contributed by atoms with van der Waals surface area (Å²) in [7, 11) is 0. The van der Waals surface area contributed by atoms with Crippen molar-refractivity contribution in [3.8, 4) is 11.3 Å². The molecule has 3 heterocycles. The van der Waals surface area contributed by atoms with Gasteiger partial charge in [-0.05, 0) is 36.6 Å². The Kier molecular flexibility index (Phi) is 6.07. The lowest BCUT2D eigenvalue weighted by atomic mass is 10.0. The van der Waals surface area contributed by atoms with E-state index in [1.807, 2.05) is 72.5 Å². The number of fused-ring (bicyclic) bond motifs is 1. The summed E-state index contributed by atoms with van der Waals surface area (Å²) in [5.74, 6) is 0.319. The number of carbonyl (C=O) groups excluding carboxylic acids is 2. The molecule has 0 saturated carbocycles. The van der Waals surface area contributed by atoms with Crippen molar-refractivity contribution in [3.63, 3.8) is 0 Å². The standard InChI is InChI=1S/C28H28N4O3/c1-18(2)20-9-11-22(12-10-20)27(33)31-13-15-32(16-14-31)28(34)23-17-24(21-7-5-4-6-8-21)29-26-25(23)19(3)30-35-26/h4-12,17-18H,13-16H2,1-3H3. The number of hydrogen-bond acceptors (Lipinski definition) is 5. The van der Waals surface area contributed by atoms with Crippen LogP contribution in [0.3, 0.4) is 0 Å². The third-order valence-corrected chi connectivity index (χ3v) is 6.60. The van der Waals surface area contributed by atoms with Gasteiger partial charge in [0.1, 0.15) is 0 Å². The Balaban J connectivity index is 1.35. The maximum absolute atomic E-state index is 13.6. The minimum absolute atomic E-state index is 0.0000467. The van der Waals surface area contributed by atoms with Crippen molar-refractivity contribution < 1.29 is 14.1 Å². The Morgan fingerprint density at radius 1 is 0.886 bits per heavy atom. The summed E-state index contributed by atoms with van der Waals surface area (Å²) in [5.41, 5.74) is 4.96. The molecule has 0 unspecified atom stereocenters. The van der Waals surface area contributed by atoms with Crippen LogP contribution >= 0.6 is 0 Å². The average molecular weight is 469 g/mol. The SMILES string of the molecule is Cc1noc2nc(-c3ccccc3)cc(C(=O)N3CCN(C(=O)c4ccc(C(C)C)cc4)CC3)c12.